The maximum absolute atomic E-state index is 12.3. The molecule has 0 amide bonds. The van der Waals surface area contributed by atoms with Crippen LogP contribution in [0.25, 0.3) is 0 Å². The number of sulfonamides is 1. The standard InChI is InChI=1S/C13H20N2O2S2/c1-5-13(4,12(14)18)15-19(16,17)11-7-6-9(2)10(3)8-11/h6-8,15H,5H2,1-4H3,(H2,14,18). The lowest BCUT2D eigenvalue weighted by Gasteiger charge is -2.28. The first-order valence-corrected chi connectivity index (χ1v) is 7.92. The number of aryl methyl sites for hydroxylation is 2. The van der Waals surface area contributed by atoms with Crippen molar-refractivity contribution in [3.8, 4) is 0 Å². The second-order valence-corrected chi connectivity index (χ2v) is 7.02. The number of benzene rings is 1. The van der Waals surface area contributed by atoms with Gasteiger partial charge in [0.15, 0.2) is 0 Å². The molecule has 1 atom stereocenters. The van der Waals surface area contributed by atoms with E-state index in [2.05, 4.69) is 4.72 Å². The van der Waals surface area contributed by atoms with Crippen LogP contribution in [-0.2, 0) is 10.0 Å². The Hall–Kier alpha value is -0.980. The van der Waals surface area contributed by atoms with Gasteiger partial charge in [0.1, 0.15) is 0 Å². The van der Waals surface area contributed by atoms with Crippen molar-refractivity contribution in [3.05, 3.63) is 29.3 Å². The van der Waals surface area contributed by atoms with Crippen LogP contribution in [0.3, 0.4) is 0 Å². The SMILES string of the molecule is CCC(C)(NS(=O)(=O)c1ccc(C)c(C)c1)C(N)=S. The summed E-state index contributed by atoms with van der Waals surface area (Å²) in [5.41, 5.74) is 6.69. The minimum Gasteiger partial charge on any atom is -0.392 e. The number of rotatable bonds is 5. The van der Waals surface area contributed by atoms with Gasteiger partial charge in [-0.1, -0.05) is 25.2 Å². The Balaban J connectivity index is 3.18. The predicted octanol–water partition coefficient (Wildman–Crippen LogP) is 2.04. The van der Waals surface area contributed by atoms with E-state index in [1.54, 1.807) is 25.1 Å². The fourth-order valence-electron chi connectivity index (χ4n) is 1.53. The summed E-state index contributed by atoms with van der Waals surface area (Å²) < 4.78 is 27.3. The molecule has 4 nitrogen and oxygen atoms in total. The van der Waals surface area contributed by atoms with Crippen LogP contribution in [0.15, 0.2) is 23.1 Å². The maximum Gasteiger partial charge on any atom is 0.241 e. The van der Waals surface area contributed by atoms with E-state index in [1.807, 2.05) is 20.8 Å². The molecule has 0 aliphatic heterocycles. The molecule has 1 rings (SSSR count). The highest BCUT2D eigenvalue weighted by atomic mass is 32.2. The van der Waals surface area contributed by atoms with Gasteiger partial charge in [0.05, 0.1) is 15.4 Å². The molecule has 1 aromatic rings. The highest BCUT2D eigenvalue weighted by Gasteiger charge is 2.31. The van der Waals surface area contributed by atoms with Crippen LogP contribution in [0.4, 0.5) is 0 Å². The molecule has 0 aliphatic rings. The fraction of sp³-hybridized carbons (Fsp3) is 0.462. The van der Waals surface area contributed by atoms with Gasteiger partial charge in [0.25, 0.3) is 0 Å². The van der Waals surface area contributed by atoms with Crippen molar-refractivity contribution in [2.45, 2.75) is 44.6 Å². The molecule has 1 unspecified atom stereocenters. The molecule has 0 saturated carbocycles. The van der Waals surface area contributed by atoms with Crippen molar-refractivity contribution in [1.82, 2.24) is 4.72 Å². The van der Waals surface area contributed by atoms with Crippen LogP contribution in [0.1, 0.15) is 31.4 Å². The van der Waals surface area contributed by atoms with Gasteiger partial charge in [-0.05, 0) is 50.5 Å². The second-order valence-electron chi connectivity index (χ2n) is 4.90. The lowest BCUT2D eigenvalue weighted by molar-refractivity contribution is 0.511. The fourth-order valence-corrected chi connectivity index (χ4v) is 3.34. The van der Waals surface area contributed by atoms with E-state index in [-0.39, 0.29) is 9.88 Å². The Morgan fingerprint density at radius 2 is 1.95 bits per heavy atom. The number of nitrogens with two attached hydrogens (primary N) is 1. The van der Waals surface area contributed by atoms with E-state index in [9.17, 15) is 8.42 Å². The summed E-state index contributed by atoms with van der Waals surface area (Å²) in [5, 5.41) is 0. The molecule has 6 heteroatoms. The van der Waals surface area contributed by atoms with E-state index in [1.165, 1.54) is 0 Å². The number of hydrogen-bond acceptors (Lipinski definition) is 3. The Labute approximate surface area is 120 Å². The molecule has 0 aliphatic carbocycles. The van der Waals surface area contributed by atoms with Crippen LogP contribution < -0.4 is 10.5 Å². The summed E-state index contributed by atoms with van der Waals surface area (Å²) in [6.07, 6.45) is 0.492. The summed E-state index contributed by atoms with van der Waals surface area (Å²) in [5.74, 6) is 0. The van der Waals surface area contributed by atoms with Gasteiger partial charge in [0.2, 0.25) is 10.0 Å². The number of hydrogen-bond donors (Lipinski definition) is 2. The normalized spacial score (nSPS) is 14.9. The highest BCUT2D eigenvalue weighted by molar-refractivity contribution is 7.89. The first-order chi connectivity index (χ1) is 8.62. The highest BCUT2D eigenvalue weighted by Crippen LogP contribution is 2.19. The van der Waals surface area contributed by atoms with Gasteiger partial charge in [-0.2, -0.15) is 4.72 Å². The van der Waals surface area contributed by atoms with Crippen molar-refractivity contribution in [1.29, 1.82) is 0 Å². The molecule has 106 valence electrons. The first kappa shape index (κ1) is 16.1. The summed E-state index contributed by atoms with van der Waals surface area (Å²) in [6, 6.07) is 5.02. The second kappa shape index (κ2) is 5.56. The van der Waals surface area contributed by atoms with Gasteiger partial charge in [0, 0.05) is 0 Å². The Kier molecular flexibility index (Phi) is 4.71. The quantitative estimate of drug-likeness (QED) is 0.816. The van der Waals surface area contributed by atoms with Gasteiger partial charge in [-0.15, -0.1) is 0 Å². The lowest BCUT2D eigenvalue weighted by Crippen LogP contribution is -2.53. The van der Waals surface area contributed by atoms with Gasteiger partial charge < -0.3 is 5.73 Å². The van der Waals surface area contributed by atoms with Crippen LogP contribution in [0.5, 0.6) is 0 Å². The maximum atomic E-state index is 12.3. The molecule has 1 aromatic carbocycles. The third-order valence-corrected chi connectivity index (χ3v) is 5.44. The average molecular weight is 300 g/mol. The van der Waals surface area contributed by atoms with Crippen LogP contribution in [-0.4, -0.2) is 18.9 Å². The summed E-state index contributed by atoms with van der Waals surface area (Å²) in [4.78, 5) is 0.369. The Morgan fingerprint density at radius 3 is 2.37 bits per heavy atom. The van der Waals surface area contributed by atoms with Crippen LogP contribution in [0.2, 0.25) is 0 Å². The zero-order valence-electron chi connectivity index (χ0n) is 11.6. The molecule has 0 bridgehead atoms. The first-order valence-electron chi connectivity index (χ1n) is 6.03. The molecular weight excluding hydrogens is 280 g/mol. The molecule has 0 aromatic heterocycles. The molecule has 0 saturated heterocycles. The Morgan fingerprint density at radius 1 is 1.37 bits per heavy atom. The monoisotopic (exact) mass is 300 g/mol. The van der Waals surface area contributed by atoms with E-state index in [0.29, 0.717) is 6.42 Å². The van der Waals surface area contributed by atoms with Crippen molar-refractivity contribution >= 4 is 27.2 Å². The van der Waals surface area contributed by atoms with Gasteiger partial charge in [-0.3, -0.25) is 0 Å². The van der Waals surface area contributed by atoms with E-state index in [4.69, 9.17) is 18.0 Å². The summed E-state index contributed by atoms with van der Waals surface area (Å²) in [6.45, 7) is 7.33. The van der Waals surface area contributed by atoms with Crippen molar-refractivity contribution in [2.75, 3.05) is 0 Å². The number of thiocarbonyl (C=S) groups is 1. The third kappa shape index (κ3) is 3.52. The molecular formula is C13H20N2O2S2. The molecule has 0 radical (unpaired) electrons. The molecule has 0 spiro atoms. The van der Waals surface area contributed by atoms with Crippen LogP contribution in [0, 0.1) is 13.8 Å². The van der Waals surface area contributed by atoms with E-state index >= 15 is 0 Å². The van der Waals surface area contributed by atoms with Gasteiger partial charge in [-0.25, -0.2) is 8.42 Å². The topological polar surface area (TPSA) is 72.2 Å². The zero-order chi connectivity index (χ0) is 14.8. The predicted molar refractivity (Wildman–Crippen MR) is 81.7 cm³/mol. The lowest BCUT2D eigenvalue weighted by atomic mass is 10.0. The number of nitrogens with one attached hydrogen (secondary N) is 1. The zero-order valence-corrected chi connectivity index (χ0v) is 13.3. The smallest absolute Gasteiger partial charge is 0.241 e. The van der Waals surface area contributed by atoms with E-state index in [0.717, 1.165) is 11.1 Å². The van der Waals surface area contributed by atoms with Crippen LogP contribution >= 0.6 is 12.2 Å². The molecule has 0 fully saturated rings. The van der Waals surface area contributed by atoms with Crippen molar-refractivity contribution in [2.24, 2.45) is 5.73 Å². The van der Waals surface area contributed by atoms with Crippen molar-refractivity contribution < 1.29 is 8.42 Å². The molecule has 3 N–H and O–H groups in total. The largest absolute Gasteiger partial charge is 0.392 e. The average Bonchev–Trinajstić information content (AvgIpc) is 2.31. The summed E-state index contributed by atoms with van der Waals surface area (Å²) >= 11 is 4.94. The molecule has 0 heterocycles. The minimum absolute atomic E-state index is 0.141. The van der Waals surface area contributed by atoms with E-state index < -0.39 is 15.6 Å². The summed E-state index contributed by atoms with van der Waals surface area (Å²) in [7, 11) is -3.63. The minimum atomic E-state index is -3.63. The molecule has 19 heavy (non-hydrogen) atoms. The van der Waals surface area contributed by atoms with Crippen molar-refractivity contribution in [3.63, 3.8) is 0 Å². The third-order valence-electron chi connectivity index (χ3n) is 3.40. The Bertz CT molecular complexity index is 597. The van der Waals surface area contributed by atoms with Gasteiger partial charge >= 0.3 is 0 Å².